The summed E-state index contributed by atoms with van der Waals surface area (Å²) in [6.07, 6.45) is 0.390. The third-order valence-corrected chi connectivity index (χ3v) is 4.22. The average molecular weight is 362 g/mol. The number of carbonyl (C=O) groups excluding carboxylic acids is 2. The summed E-state index contributed by atoms with van der Waals surface area (Å²) in [7, 11) is 0. The summed E-state index contributed by atoms with van der Waals surface area (Å²) in [5.41, 5.74) is 0.0457. The fourth-order valence-electron chi connectivity index (χ4n) is 2.99. The van der Waals surface area contributed by atoms with Crippen LogP contribution >= 0.6 is 0 Å². The summed E-state index contributed by atoms with van der Waals surface area (Å²) in [6.45, 7) is 8.68. The highest BCUT2D eigenvalue weighted by molar-refractivity contribution is 5.95. The molecule has 7 nitrogen and oxygen atoms in total. The lowest BCUT2D eigenvalue weighted by Crippen LogP contribution is -2.40. The van der Waals surface area contributed by atoms with Gasteiger partial charge in [0.15, 0.2) is 11.5 Å². The van der Waals surface area contributed by atoms with Crippen LogP contribution in [0.1, 0.15) is 37.6 Å². The van der Waals surface area contributed by atoms with Crippen molar-refractivity contribution in [1.82, 2.24) is 9.80 Å². The molecule has 0 bridgehead atoms. The first-order chi connectivity index (χ1) is 12.3. The van der Waals surface area contributed by atoms with E-state index in [2.05, 4.69) is 0 Å². The SMILES string of the molecule is CC(C)(C)OC(=O)N1CCCN(C(=O)c2ccc3c(c2)OCCO3)CC1. The van der Waals surface area contributed by atoms with Crippen LogP contribution in [0.15, 0.2) is 18.2 Å². The zero-order valence-corrected chi connectivity index (χ0v) is 15.6. The molecular formula is C19H26N2O5. The number of carbonyl (C=O) groups is 2. The molecule has 26 heavy (non-hydrogen) atoms. The van der Waals surface area contributed by atoms with Gasteiger partial charge in [0.25, 0.3) is 5.91 Å². The van der Waals surface area contributed by atoms with Crippen LogP contribution in [0.2, 0.25) is 0 Å². The van der Waals surface area contributed by atoms with Crippen molar-refractivity contribution in [3.8, 4) is 11.5 Å². The van der Waals surface area contributed by atoms with Gasteiger partial charge >= 0.3 is 6.09 Å². The maximum Gasteiger partial charge on any atom is 0.410 e. The fourth-order valence-corrected chi connectivity index (χ4v) is 2.99. The Balaban J connectivity index is 1.63. The standard InChI is InChI=1S/C19H26N2O5/c1-19(2,3)26-18(23)21-8-4-7-20(9-10-21)17(22)14-5-6-15-16(13-14)25-12-11-24-15/h5-6,13H,4,7-12H2,1-3H3. The number of amides is 2. The number of hydrogen-bond acceptors (Lipinski definition) is 5. The van der Waals surface area contributed by atoms with Crippen molar-refractivity contribution in [2.45, 2.75) is 32.8 Å². The summed E-state index contributed by atoms with van der Waals surface area (Å²) < 4.78 is 16.5. The van der Waals surface area contributed by atoms with Gasteiger partial charge in [-0.25, -0.2) is 4.79 Å². The second kappa shape index (κ2) is 7.43. The van der Waals surface area contributed by atoms with E-state index in [1.807, 2.05) is 20.8 Å². The van der Waals surface area contributed by atoms with Crippen molar-refractivity contribution < 1.29 is 23.8 Å². The number of benzene rings is 1. The van der Waals surface area contributed by atoms with E-state index in [9.17, 15) is 9.59 Å². The number of rotatable bonds is 1. The summed E-state index contributed by atoms with van der Waals surface area (Å²) in [4.78, 5) is 28.5. The lowest BCUT2D eigenvalue weighted by atomic mass is 10.1. The third-order valence-electron chi connectivity index (χ3n) is 4.22. The van der Waals surface area contributed by atoms with E-state index in [1.54, 1.807) is 28.0 Å². The Morgan fingerprint density at radius 1 is 0.962 bits per heavy atom. The topological polar surface area (TPSA) is 68.3 Å². The van der Waals surface area contributed by atoms with Crippen LogP contribution in [0.25, 0.3) is 0 Å². The number of ether oxygens (including phenoxy) is 3. The van der Waals surface area contributed by atoms with Gasteiger partial charge in [0.2, 0.25) is 0 Å². The molecule has 1 fully saturated rings. The van der Waals surface area contributed by atoms with E-state index < -0.39 is 5.60 Å². The predicted octanol–water partition coefficient (Wildman–Crippen LogP) is 2.54. The van der Waals surface area contributed by atoms with E-state index in [1.165, 1.54) is 0 Å². The molecular weight excluding hydrogens is 336 g/mol. The van der Waals surface area contributed by atoms with E-state index >= 15 is 0 Å². The molecule has 0 aromatic heterocycles. The van der Waals surface area contributed by atoms with Crippen LogP contribution < -0.4 is 9.47 Å². The molecule has 0 aliphatic carbocycles. The summed E-state index contributed by atoms with van der Waals surface area (Å²) in [6, 6.07) is 5.26. The van der Waals surface area contributed by atoms with Crippen LogP contribution in [-0.4, -0.2) is 66.8 Å². The number of hydrogen-bond donors (Lipinski definition) is 0. The quantitative estimate of drug-likeness (QED) is 0.768. The maximum atomic E-state index is 12.8. The van der Waals surface area contributed by atoms with Gasteiger partial charge in [0.05, 0.1) is 0 Å². The predicted molar refractivity (Wildman–Crippen MR) is 95.8 cm³/mol. The van der Waals surface area contributed by atoms with Crippen molar-refractivity contribution in [3.05, 3.63) is 23.8 Å². The van der Waals surface area contributed by atoms with E-state index in [0.29, 0.717) is 56.5 Å². The maximum absolute atomic E-state index is 12.8. The molecule has 1 saturated heterocycles. The normalized spacial score (nSPS) is 17.5. The van der Waals surface area contributed by atoms with Crippen LogP contribution in [0.5, 0.6) is 11.5 Å². The van der Waals surface area contributed by atoms with Crippen LogP contribution in [0.4, 0.5) is 4.79 Å². The lowest BCUT2D eigenvalue weighted by Gasteiger charge is -2.26. The van der Waals surface area contributed by atoms with Gasteiger partial charge in [0, 0.05) is 31.7 Å². The molecule has 0 radical (unpaired) electrons. The first kappa shape index (κ1) is 18.4. The van der Waals surface area contributed by atoms with Gasteiger partial charge in [-0.3, -0.25) is 4.79 Å². The molecule has 3 rings (SSSR count). The van der Waals surface area contributed by atoms with Crippen molar-refractivity contribution in [1.29, 1.82) is 0 Å². The Morgan fingerprint density at radius 3 is 2.35 bits per heavy atom. The van der Waals surface area contributed by atoms with Gasteiger partial charge in [-0.05, 0) is 45.4 Å². The van der Waals surface area contributed by atoms with Gasteiger partial charge in [-0.2, -0.15) is 0 Å². The van der Waals surface area contributed by atoms with Gasteiger partial charge in [-0.15, -0.1) is 0 Å². The summed E-state index contributed by atoms with van der Waals surface area (Å²) in [5, 5.41) is 0. The first-order valence-corrected chi connectivity index (χ1v) is 9.00. The zero-order valence-electron chi connectivity index (χ0n) is 15.6. The highest BCUT2D eigenvalue weighted by Gasteiger charge is 2.27. The van der Waals surface area contributed by atoms with Crippen molar-refractivity contribution in [2.75, 3.05) is 39.4 Å². The van der Waals surface area contributed by atoms with E-state index in [4.69, 9.17) is 14.2 Å². The average Bonchev–Trinajstić information content (AvgIpc) is 2.85. The minimum atomic E-state index is -0.524. The van der Waals surface area contributed by atoms with E-state index in [0.717, 1.165) is 6.42 Å². The third kappa shape index (κ3) is 4.39. The molecule has 0 spiro atoms. The van der Waals surface area contributed by atoms with Crippen LogP contribution in [-0.2, 0) is 4.74 Å². The largest absolute Gasteiger partial charge is 0.486 e. The van der Waals surface area contributed by atoms with E-state index in [-0.39, 0.29) is 12.0 Å². The molecule has 1 aromatic rings. The van der Waals surface area contributed by atoms with Gasteiger partial charge < -0.3 is 24.0 Å². The zero-order chi connectivity index (χ0) is 18.7. The Kier molecular flexibility index (Phi) is 5.25. The molecule has 2 amide bonds. The second-order valence-corrected chi connectivity index (χ2v) is 7.47. The van der Waals surface area contributed by atoms with Crippen molar-refractivity contribution in [2.24, 2.45) is 0 Å². The molecule has 142 valence electrons. The monoisotopic (exact) mass is 362 g/mol. The molecule has 0 N–H and O–H groups in total. The lowest BCUT2D eigenvalue weighted by molar-refractivity contribution is 0.0255. The van der Waals surface area contributed by atoms with Crippen LogP contribution in [0.3, 0.4) is 0 Å². The van der Waals surface area contributed by atoms with Crippen molar-refractivity contribution in [3.63, 3.8) is 0 Å². The highest BCUT2D eigenvalue weighted by Crippen LogP contribution is 2.31. The minimum Gasteiger partial charge on any atom is -0.486 e. The van der Waals surface area contributed by atoms with Gasteiger partial charge in [-0.1, -0.05) is 0 Å². The summed E-state index contributed by atoms with van der Waals surface area (Å²) in [5.74, 6) is 1.21. The number of fused-ring (bicyclic) bond motifs is 1. The molecule has 2 heterocycles. The minimum absolute atomic E-state index is 0.0620. The molecule has 0 atom stereocenters. The molecule has 2 aliphatic rings. The van der Waals surface area contributed by atoms with Gasteiger partial charge in [0.1, 0.15) is 18.8 Å². The second-order valence-electron chi connectivity index (χ2n) is 7.47. The molecule has 0 saturated carbocycles. The highest BCUT2D eigenvalue weighted by atomic mass is 16.6. The molecule has 2 aliphatic heterocycles. The first-order valence-electron chi connectivity index (χ1n) is 9.00. The Labute approximate surface area is 153 Å². The van der Waals surface area contributed by atoms with Crippen LogP contribution in [0, 0.1) is 0 Å². The molecule has 0 unspecified atom stereocenters. The Bertz CT molecular complexity index is 683. The smallest absolute Gasteiger partial charge is 0.410 e. The van der Waals surface area contributed by atoms with Crippen molar-refractivity contribution >= 4 is 12.0 Å². The Morgan fingerprint density at radius 2 is 1.62 bits per heavy atom. The molecule has 1 aromatic carbocycles. The Hall–Kier alpha value is -2.44. The summed E-state index contributed by atoms with van der Waals surface area (Å²) >= 11 is 0. The fraction of sp³-hybridized carbons (Fsp3) is 0.579. The molecule has 7 heteroatoms. The number of nitrogens with zero attached hydrogens (tertiary/aromatic N) is 2.